The number of benzene rings is 4. The molecule has 4 aromatic rings. The minimum absolute atomic E-state index is 0.0253. The van der Waals surface area contributed by atoms with Crippen LogP contribution in [0.4, 0.5) is 0 Å². The molecule has 45 heavy (non-hydrogen) atoms. The van der Waals surface area contributed by atoms with Crippen LogP contribution in [0.3, 0.4) is 0 Å². The first-order chi connectivity index (χ1) is 21.2. The average Bonchev–Trinajstić information content (AvgIpc) is 3.27. The number of hydrazine groups is 1. The molecule has 5 rings (SSSR count). The summed E-state index contributed by atoms with van der Waals surface area (Å²) in [7, 11) is -4.14. The fourth-order valence-corrected chi connectivity index (χ4v) is 7.97. The predicted molar refractivity (Wildman–Crippen MR) is 180 cm³/mol. The van der Waals surface area contributed by atoms with Gasteiger partial charge < -0.3 is 4.18 Å². The van der Waals surface area contributed by atoms with Crippen molar-refractivity contribution in [1.29, 1.82) is 0 Å². The number of rotatable bonds is 8. The zero-order valence-electron chi connectivity index (χ0n) is 22.7. The molecule has 15 heteroatoms. The number of hydrogen-bond donors (Lipinski definition) is 0. The first-order valence-electron chi connectivity index (χ1n) is 12.7. The Kier molecular flexibility index (Phi) is 9.74. The number of Topliss-reactive ketones (excluding diaryl/α,β-unsaturated/α-hetero) is 1. The number of amides is 3. The minimum atomic E-state index is -4.14. The van der Waals surface area contributed by atoms with E-state index >= 15 is 0 Å². The minimum Gasteiger partial charge on any atom is -0.379 e. The molecule has 0 aliphatic carbocycles. The monoisotopic (exact) mass is 900 g/mol. The van der Waals surface area contributed by atoms with Gasteiger partial charge in [-0.15, -0.1) is 0 Å². The van der Waals surface area contributed by atoms with Gasteiger partial charge in [-0.3, -0.25) is 19.2 Å². The third-order valence-electron chi connectivity index (χ3n) is 6.64. The van der Waals surface area contributed by atoms with Crippen molar-refractivity contribution in [2.75, 3.05) is 6.54 Å². The van der Waals surface area contributed by atoms with Crippen LogP contribution < -0.4 is 4.18 Å². The quantitative estimate of drug-likeness (QED) is 0.0579. The molecule has 1 heterocycles. The molecule has 3 amide bonds. The Labute approximate surface area is 296 Å². The van der Waals surface area contributed by atoms with Gasteiger partial charge in [-0.1, -0.05) is 41.4 Å². The van der Waals surface area contributed by atoms with Gasteiger partial charge in [0.2, 0.25) is 0 Å². The lowest BCUT2D eigenvalue weighted by Gasteiger charge is -2.29. The average molecular weight is 905 g/mol. The molecule has 0 aromatic heterocycles. The summed E-state index contributed by atoms with van der Waals surface area (Å²) in [4.78, 5) is 54.8. The summed E-state index contributed by atoms with van der Waals surface area (Å²) >= 11 is 19.7. The lowest BCUT2D eigenvalue weighted by molar-refractivity contribution is 0.00527. The highest BCUT2D eigenvalue weighted by Gasteiger charge is 2.46. The van der Waals surface area contributed by atoms with E-state index in [4.69, 9.17) is 15.8 Å². The molecule has 0 bridgehead atoms. The number of halogens is 5. The maximum Gasteiger partial charge on any atom is 0.339 e. The fraction of sp³-hybridized carbons (Fsp3) is 0.0667. The van der Waals surface area contributed by atoms with E-state index in [0.29, 0.717) is 14.0 Å². The molecule has 0 radical (unpaired) electrons. The van der Waals surface area contributed by atoms with E-state index in [9.17, 15) is 27.6 Å². The fourth-order valence-electron chi connectivity index (χ4n) is 4.37. The molecule has 0 saturated carbocycles. The predicted octanol–water partition coefficient (Wildman–Crippen LogP) is 8.00. The summed E-state index contributed by atoms with van der Waals surface area (Å²) in [5, 5.41) is 1.38. The zero-order chi connectivity index (χ0) is 32.8. The van der Waals surface area contributed by atoms with Gasteiger partial charge in [0.25, 0.3) is 17.7 Å². The Hall–Kier alpha value is -2.88. The van der Waals surface area contributed by atoms with Crippen molar-refractivity contribution in [2.24, 2.45) is 0 Å². The van der Waals surface area contributed by atoms with Gasteiger partial charge >= 0.3 is 10.1 Å². The van der Waals surface area contributed by atoms with Crippen molar-refractivity contribution in [2.45, 2.75) is 11.8 Å². The number of aryl methyl sites for hydroxylation is 1. The summed E-state index contributed by atoms with van der Waals surface area (Å²) in [5.74, 6) is -3.30. The molecule has 230 valence electrons. The number of imide groups is 1. The van der Waals surface area contributed by atoms with Gasteiger partial charge in [0.15, 0.2) is 5.78 Å². The first kappa shape index (κ1) is 33.5. The highest BCUT2D eigenvalue weighted by atomic mass is 79.9. The molecule has 9 nitrogen and oxygen atoms in total. The number of fused-ring (bicyclic) bond motifs is 1. The highest BCUT2D eigenvalue weighted by Crippen LogP contribution is 2.45. The van der Waals surface area contributed by atoms with Crippen molar-refractivity contribution < 1.29 is 31.8 Å². The van der Waals surface area contributed by atoms with E-state index in [2.05, 4.69) is 63.7 Å². The number of ketones is 1. The van der Waals surface area contributed by atoms with E-state index in [-0.39, 0.29) is 46.9 Å². The molecular weight excluding hydrogens is 887 g/mol. The normalized spacial score (nSPS) is 12.7. The van der Waals surface area contributed by atoms with Crippen molar-refractivity contribution in [3.63, 3.8) is 0 Å². The van der Waals surface area contributed by atoms with Gasteiger partial charge in [0, 0.05) is 23.5 Å². The zero-order valence-corrected chi connectivity index (χ0v) is 30.6. The number of carbonyl (C=O) groups is 4. The van der Waals surface area contributed by atoms with Crippen LogP contribution in [0.2, 0.25) is 5.02 Å². The van der Waals surface area contributed by atoms with Crippen LogP contribution in [-0.4, -0.2) is 48.5 Å². The van der Waals surface area contributed by atoms with Gasteiger partial charge in [0.1, 0.15) is 17.2 Å². The Morgan fingerprint density at radius 3 is 1.87 bits per heavy atom. The number of nitrogens with zero attached hydrogens (tertiary/aromatic N) is 2. The molecule has 4 aromatic carbocycles. The van der Waals surface area contributed by atoms with E-state index in [1.807, 2.05) is 6.92 Å². The Morgan fingerprint density at radius 1 is 0.800 bits per heavy atom. The number of hydrogen-bond acceptors (Lipinski definition) is 7. The smallest absolute Gasteiger partial charge is 0.339 e. The van der Waals surface area contributed by atoms with Crippen LogP contribution >= 0.6 is 75.3 Å². The van der Waals surface area contributed by atoms with E-state index < -0.39 is 40.2 Å². The standard InChI is InChI=1S/C30H17Br4ClN2O7S/c1-15-6-12-18(13-7-15)45(42,43)44-17-10-8-16(9-11-17)21(38)14-36(28(39)19-4-2-3-5-20(19)35)37-29(40)22-23(30(37)41)25(32)27(34)26(33)24(22)31/h2-13H,14H2,1H3. The Bertz CT molecular complexity index is 1970. The van der Waals surface area contributed by atoms with Crippen molar-refractivity contribution in [1.82, 2.24) is 10.0 Å². The summed E-state index contributed by atoms with van der Waals surface area (Å²) in [6, 6.07) is 17.3. The molecule has 0 atom stereocenters. The van der Waals surface area contributed by atoms with Crippen molar-refractivity contribution in [3.05, 3.63) is 124 Å². The largest absolute Gasteiger partial charge is 0.379 e. The molecule has 0 unspecified atom stereocenters. The molecule has 0 saturated heterocycles. The van der Waals surface area contributed by atoms with Gasteiger partial charge in [-0.05, 0) is 119 Å². The van der Waals surface area contributed by atoms with Crippen molar-refractivity contribution >= 4 is 109 Å². The number of carbonyl (C=O) groups excluding carboxylic acids is 4. The Morgan fingerprint density at radius 2 is 1.33 bits per heavy atom. The second kappa shape index (κ2) is 13.1. The molecule has 1 aliphatic heterocycles. The summed E-state index contributed by atoms with van der Waals surface area (Å²) in [5.41, 5.74) is 0.831. The molecule has 0 fully saturated rings. The topological polar surface area (TPSA) is 118 Å². The van der Waals surface area contributed by atoms with Crippen molar-refractivity contribution in [3.8, 4) is 5.75 Å². The van der Waals surface area contributed by atoms with Gasteiger partial charge in [-0.2, -0.15) is 13.4 Å². The highest BCUT2D eigenvalue weighted by molar-refractivity contribution is 9.15. The second-order valence-corrected chi connectivity index (χ2v) is 14.7. The van der Waals surface area contributed by atoms with E-state index in [1.165, 1.54) is 48.5 Å². The van der Waals surface area contributed by atoms with Crippen LogP contribution in [-0.2, 0) is 10.1 Å². The molecule has 0 spiro atoms. The lowest BCUT2D eigenvalue weighted by atomic mass is 10.1. The molecular formula is C30H17Br4ClN2O7S. The maximum absolute atomic E-state index is 13.8. The molecule has 1 aliphatic rings. The van der Waals surface area contributed by atoms with E-state index in [0.717, 1.165) is 10.6 Å². The van der Waals surface area contributed by atoms with Crippen LogP contribution in [0, 0.1) is 6.92 Å². The third-order valence-corrected chi connectivity index (χ3v) is 13.0. The summed E-state index contributed by atoms with van der Waals surface area (Å²) in [6.45, 7) is 1.08. The van der Waals surface area contributed by atoms with Crippen LogP contribution in [0.1, 0.15) is 47.0 Å². The lowest BCUT2D eigenvalue weighted by Crippen LogP contribution is -2.51. The maximum atomic E-state index is 13.8. The second-order valence-electron chi connectivity index (χ2n) is 9.57. The summed E-state index contributed by atoms with van der Waals surface area (Å²) in [6.07, 6.45) is 0. The van der Waals surface area contributed by atoms with E-state index in [1.54, 1.807) is 24.3 Å². The first-order valence-corrected chi connectivity index (χ1v) is 17.6. The Balaban J connectivity index is 1.47. The third kappa shape index (κ3) is 6.41. The van der Waals surface area contributed by atoms with Crippen LogP contribution in [0.15, 0.2) is 95.6 Å². The molecule has 0 N–H and O–H groups in total. The van der Waals surface area contributed by atoms with Crippen LogP contribution in [0.25, 0.3) is 0 Å². The van der Waals surface area contributed by atoms with Crippen LogP contribution in [0.5, 0.6) is 5.75 Å². The van der Waals surface area contributed by atoms with Gasteiger partial charge in [-0.25, -0.2) is 5.01 Å². The van der Waals surface area contributed by atoms with Gasteiger partial charge in [0.05, 0.1) is 21.7 Å². The SMILES string of the molecule is Cc1ccc(S(=O)(=O)Oc2ccc(C(=O)CN(C(=O)c3ccccc3Cl)N3C(=O)c4c(Br)c(Br)c(Br)c(Br)c4C3=O)cc2)cc1. The summed E-state index contributed by atoms with van der Waals surface area (Å²) < 4.78 is 32.0.